The average Bonchev–Trinajstić information content (AvgIpc) is 3.01. The third-order valence-electron chi connectivity index (χ3n) is 3.94. The number of anilines is 1. The summed E-state index contributed by atoms with van der Waals surface area (Å²) in [6.07, 6.45) is 0. The van der Waals surface area contributed by atoms with Gasteiger partial charge < -0.3 is 9.80 Å². The van der Waals surface area contributed by atoms with Crippen LogP contribution in [0.3, 0.4) is 0 Å². The maximum atomic E-state index is 12.8. The molecule has 0 bridgehead atoms. The van der Waals surface area contributed by atoms with Crippen molar-refractivity contribution in [2.24, 2.45) is 0 Å². The van der Waals surface area contributed by atoms with Gasteiger partial charge in [-0.15, -0.1) is 0 Å². The predicted octanol–water partition coefficient (Wildman–Crippen LogP) is 3.26. The van der Waals surface area contributed by atoms with Gasteiger partial charge in [0.2, 0.25) is 0 Å². The SMILES string of the molecule is CCN1C(=O)/C(=C2\Sc3ccccc3N2CC)N(CC)C1=S. The summed E-state index contributed by atoms with van der Waals surface area (Å²) in [4.78, 5) is 19.8. The fourth-order valence-electron chi connectivity index (χ4n) is 2.88. The van der Waals surface area contributed by atoms with E-state index in [1.807, 2.05) is 30.9 Å². The van der Waals surface area contributed by atoms with Crippen molar-refractivity contribution in [2.45, 2.75) is 25.7 Å². The van der Waals surface area contributed by atoms with Crippen LogP contribution in [0.1, 0.15) is 20.8 Å². The first-order chi connectivity index (χ1) is 10.6. The number of para-hydroxylation sites is 1. The summed E-state index contributed by atoms with van der Waals surface area (Å²) in [6, 6.07) is 8.27. The Bertz CT molecular complexity index is 671. The Labute approximate surface area is 140 Å². The van der Waals surface area contributed by atoms with Crippen molar-refractivity contribution in [3.63, 3.8) is 0 Å². The third kappa shape index (κ3) is 2.13. The highest BCUT2D eigenvalue weighted by Crippen LogP contribution is 2.48. The molecular formula is C16H19N3OS2. The molecule has 0 spiro atoms. The topological polar surface area (TPSA) is 26.8 Å². The molecule has 22 heavy (non-hydrogen) atoms. The molecule has 4 nitrogen and oxygen atoms in total. The molecule has 1 amide bonds. The zero-order valence-corrected chi connectivity index (χ0v) is 14.6. The highest BCUT2D eigenvalue weighted by atomic mass is 32.2. The Kier molecular flexibility index (Phi) is 4.14. The fourth-order valence-corrected chi connectivity index (χ4v) is 4.58. The Hall–Kier alpha value is -1.53. The molecule has 2 aliphatic rings. The number of rotatable bonds is 3. The molecule has 1 aromatic rings. The molecule has 0 unspecified atom stereocenters. The third-order valence-corrected chi connectivity index (χ3v) is 5.55. The maximum Gasteiger partial charge on any atom is 0.279 e. The van der Waals surface area contributed by atoms with Crippen molar-refractivity contribution < 1.29 is 4.79 Å². The van der Waals surface area contributed by atoms with Crippen LogP contribution in [0.25, 0.3) is 0 Å². The highest BCUT2D eigenvalue weighted by molar-refractivity contribution is 8.03. The number of nitrogens with zero attached hydrogens (tertiary/aromatic N) is 3. The van der Waals surface area contributed by atoms with Crippen molar-refractivity contribution in [2.75, 3.05) is 24.5 Å². The second kappa shape index (κ2) is 5.93. The van der Waals surface area contributed by atoms with Crippen LogP contribution in [0.15, 0.2) is 39.9 Å². The Morgan fingerprint density at radius 2 is 1.64 bits per heavy atom. The van der Waals surface area contributed by atoms with Gasteiger partial charge in [-0.3, -0.25) is 9.69 Å². The van der Waals surface area contributed by atoms with Gasteiger partial charge in [-0.05, 0) is 45.1 Å². The minimum atomic E-state index is 0.0168. The van der Waals surface area contributed by atoms with Crippen molar-refractivity contribution in [3.8, 4) is 0 Å². The van der Waals surface area contributed by atoms with E-state index in [4.69, 9.17) is 12.2 Å². The molecule has 6 heteroatoms. The largest absolute Gasteiger partial charge is 0.333 e. The van der Waals surface area contributed by atoms with E-state index >= 15 is 0 Å². The molecule has 2 heterocycles. The zero-order chi connectivity index (χ0) is 15.9. The van der Waals surface area contributed by atoms with E-state index < -0.39 is 0 Å². The first-order valence-electron chi connectivity index (χ1n) is 7.56. The van der Waals surface area contributed by atoms with Crippen LogP contribution in [0.4, 0.5) is 5.69 Å². The summed E-state index contributed by atoms with van der Waals surface area (Å²) in [6.45, 7) is 8.23. The second-order valence-electron chi connectivity index (χ2n) is 5.04. The molecule has 0 saturated carbocycles. The standard InChI is InChI=1S/C16H19N3OS2/c1-4-17-11-9-7-8-10-12(11)22-15(17)13-14(20)19(6-3)16(21)18(13)5-2/h7-10H,4-6H2,1-3H3/b15-13+. The number of hydrogen-bond acceptors (Lipinski definition) is 4. The van der Waals surface area contributed by atoms with E-state index in [0.717, 1.165) is 17.3 Å². The molecular weight excluding hydrogens is 314 g/mol. The number of amides is 1. The lowest BCUT2D eigenvalue weighted by atomic mass is 10.3. The molecule has 1 fully saturated rings. The van der Waals surface area contributed by atoms with Gasteiger partial charge in [0.15, 0.2) is 5.11 Å². The van der Waals surface area contributed by atoms with E-state index in [9.17, 15) is 4.79 Å². The van der Waals surface area contributed by atoms with E-state index in [-0.39, 0.29) is 5.91 Å². The minimum absolute atomic E-state index is 0.0168. The van der Waals surface area contributed by atoms with E-state index in [0.29, 0.717) is 18.2 Å². The highest BCUT2D eigenvalue weighted by Gasteiger charge is 2.41. The summed E-state index contributed by atoms with van der Waals surface area (Å²) in [5.74, 6) is 0.0168. The van der Waals surface area contributed by atoms with E-state index in [1.54, 1.807) is 16.7 Å². The van der Waals surface area contributed by atoms with Crippen LogP contribution in [0.2, 0.25) is 0 Å². The predicted molar refractivity (Wildman–Crippen MR) is 94.7 cm³/mol. The second-order valence-corrected chi connectivity index (χ2v) is 6.44. The summed E-state index contributed by atoms with van der Waals surface area (Å²) in [5.41, 5.74) is 1.89. The van der Waals surface area contributed by atoms with Crippen molar-refractivity contribution >= 4 is 40.7 Å². The van der Waals surface area contributed by atoms with Crippen LogP contribution in [0, 0.1) is 0 Å². The Balaban J connectivity index is 2.13. The molecule has 0 aromatic heterocycles. The summed E-state index contributed by atoms with van der Waals surface area (Å²) in [7, 11) is 0. The van der Waals surface area contributed by atoms with E-state index in [1.165, 1.54) is 10.6 Å². The lowest BCUT2D eigenvalue weighted by Gasteiger charge is -2.22. The maximum absolute atomic E-state index is 12.8. The number of carbonyl (C=O) groups excluding carboxylic acids is 1. The first kappa shape index (κ1) is 15.4. The van der Waals surface area contributed by atoms with Gasteiger partial charge in [-0.2, -0.15) is 0 Å². The minimum Gasteiger partial charge on any atom is -0.333 e. The number of thioether (sulfide) groups is 1. The lowest BCUT2D eigenvalue weighted by Crippen LogP contribution is -2.32. The summed E-state index contributed by atoms with van der Waals surface area (Å²) >= 11 is 7.14. The molecule has 0 radical (unpaired) electrons. The molecule has 2 aliphatic heterocycles. The quantitative estimate of drug-likeness (QED) is 0.625. The molecule has 0 aliphatic carbocycles. The Morgan fingerprint density at radius 3 is 2.27 bits per heavy atom. The van der Waals surface area contributed by atoms with Gasteiger partial charge in [-0.1, -0.05) is 23.9 Å². The number of thiocarbonyl (C=S) groups is 1. The number of likely N-dealkylation sites (N-methyl/N-ethyl adjacent to an activating group) is 2. The van der Waals surface area contributed by atoms with Gasteiger partial charge in [0, 0.05) is 24.5 Å². The molecule has 3 rings (SSSR count). The molecule has 0 atom stereocenters. The monoisotopic (exact) mass is 333 g/mol. The van der Waals surface area contributed by atoms with Crippen molar-refractivity contribution in [3.05, 3.63) is 35.0 Å². The van der Waals surface area contributed by atoms with Crippen LogP contribution in [-0.2, 0) is 4.79 Å². The van der Waals surface area contributed by atoms with Gasteiger partial charge in [0.25, 0.3) is 5.91 Å². The summed E-state index contributed by atoms with van der Waals surface area (Å²) in [5, 5.41) is 1.61. The number of fused-ring (bicyclic) bond motifs is 1. The average molecular weight is 333 g/mol. The molecule has 116 valence electrons. The number of benzene rings is 1. The van der Waals surface area contributed by atoms with E-state index in [2.05, 4.69) is 24.0 Å². The molecule has 1 saturated heterocycles. The van der Waals surface area contributed by atoms with Crippen LogP contribution < -0.4 is 4.90 Å². The fraction of sp³-hybridized carbons (Fsp3) is 0.375. The number of carbonyl (C=O) groups is 1. The van der Waals surface area contributed by atoms with Crippen LogP contribution in [0.5, 0.6) is 0 Å². The first-order valence-corrected chi connectivity index (χ1v) is 8.78. The van der Waals surface area contributed by atoms with Crippen LogP contribution in [-0.4, -0.2) is 40.5 Å². The summed E-state index contributed by atoms with van der Waals surface area (Å²) < 4.78 is 0. The van der Waals surface area contributed by atoms with Crippen molar-refractivity contribution in [1.82, 2.24) is 9.80 Å². The van der Waals surface area contributed by atoms with Gasteiger partial charge in [0.1, 0.15) is 10.7 Å². The van der Waals surface area contributed by atoms with Gasteiger partial charge in [0.05, 0.1) is 5.69 Å². The van der Waals surface area contributed by atoms with Gasteiger partial charge >= 0.3 is 0 Å². The molecule has 1 aromatic carbocycles. The Morgan fingerprint density at radius 1 is 1.00 bits per heavy atom. The lowest BCUT2D eigenvalue weighted by molar-refractivity contribution is -0.122. The van der Waals surface area contributed by atoms with Gasteiger partial charge in [-0.25, -0.2) is 0 Å². The zero-order valence-electron chi connectivity index (χ0n) is 13.0. The van der Waals surface area contributed by atoms with Crippen LogP contribution >= 0.6 is 24.0 Å². The normalized spacial score (nSPS) is 21.1. The number of hydrogen-bond donors (Lipinski definition) is 0. The molecule has 0 N–H and O–H groups in total. The van der Waals surface area contributed by atoms with Crippen molar-refractivity contribution in [1.29, 1.82) is 0 Å². The smallest absolute Gasteiger partial charge is 0.279 e.